The van der Waals surface area contributed by atoms with E-state index in [2.05, 4.69) is 34.5 Å². The van der Waals surface area contributed by atoms with Gasteiger partial charge in [-0.15, -0.1) is 0 Å². The van der Waals surface area contributed by atoms with Crippen LogP contribution in [0.15, 0.2) is 34.9 Å². The summed E-state index contributed by atoms with van der Waals surface area (Å²) in [5.41, 5.74) is 2.24. The van der Waals surface area contributed by atoms with Crippen LogP contribution in [0, 0.1) is 6.92 Å². The molecule has 1 atom stereocenters. The van der Waals surface area contributed by atoms with E-state index in [1.807, 2.05) is 30.7 Å². The molecular formula is C16H20N4O. The smallest absolute Gasteiger partial charge is 0.211 e. The van der Waals surface area contributed by atoms with Crippen LogP contribution in [0.1, 0.15) is 37.2 Å². The number of para-hydroxylation sites is 1. The summed E-state index contributed by atoms with van der Waals surface area (Å²) in [4.78, 5) is 4.26. The molecule has 0 aliphatic carbocycles. The van der Waals surface area contributed by atoms with Crippen molar-refractivity contribution in [2.45, 2.75) is 39.9 Å². The van der Waals surface area contributed by atoms with Gasteiger partial charge in [0.25, 0.3) is 0 Å². The minimum absolute atomic E-state index is 0.0595. The Balaban J connectivity index is 1.79. The van der Waals surface area contributed by atoms with E-state index < -0.39 is 0 Å². The molecule has 0 radical (unpaired) electrons. The van der Waals surface area contributed by atoms with Crippen LogP contribution in [0.3, 0.4) is 0 Å². The minimum atomic E-state index is 0.0595. The van der Waals surface area contributed by atoms with Gasteiger partial charge in [-0.25, -0.2) is 4.98 Å². The molecule has 3 rings (SSSR count). The molecular weight excluding hydrogens is 264 g/mol. The molecule has 5 nitrogen and oxygen atoms in total. The Kier molecular flexibility index (Phi) is 3.75. The van der Waals surface area contributed by atoms with Gasteiger partial charge in [-0.05, 0) is 26.8 Å². The first-order chi connectivity index (χ1) is 10.2. The number of rotatable bonds is 5. The standard InChI is InChI=1S/C16H20N4O/c1-4-20-15-8-6-5-7-13(15)14(19-20)10-17-12(3)16-18-9-11(2)21-16/h5-9,12,17H,4,10H2,1-3H3. The molecule has 110 valence electrons. The molecule has 0 amide bonds. The van der Waals surface area contributed by atoms with E-state index in [9.17, 15) is 0 Å². The van der Waals surface area contributed by atoms with Gasteiger partial charge in [0.2, 0.25) is 5.89 Å². The monoisotopic (exact) mass is 284 g/mol. The topological polar surface area (TPSA) is 55.9 Å². The summed E-state index contributed by atoms with van der Waals surface area (Å²) in [5.74, 6) is 1.55. The van der Waals surface area contributed by atoms with Crippen LogP contribution in [-0.4, -0.2) is 14.8 Å². The van der Waals surface area contributed by atoms with Gasteiger partial charge in [0.1, 0.15) is 5.76 Å². The summed E-state index contributed by atoms with van der Waals surface area (Å²) in [7, 11) is 0. The highest BCUT2D eigenvalue weighted by Gasteiger charge is 2.13. The third-order valence-corrected chi connectivity index (χ3v) is 3.62. The molecule has 5 heteroatoms. The van der Waals surface area contributed by atoms with Crippen molar-refractivity contribution in [3.05, 3.63) is 47.8 Å². The zero-order valence-corrected chi connectivity index (χ0v) is 12.6. The lowest BCUT2D eigenvalue weighted by Crippen LogP contribution is -2.19. The van der Waals surface area contributed by atoms with Crippen molar-refractivity contribution in [1.82, 2.24) is 20.1 Å². The zero-order valence-electron chi connectivity index (χ0n) is 12.6. The van der Waals surface area contributed by atoms with E-state index >= 15 is 0 Å². The second-order valence-corrected chi connectivity index (χ2v) is 5.19. The van der Waals surface area contributed by atoms with Crippen LogP contribution in [0.2, 0.25) is 0 Å². The van der Waals surface area contributed by atoms with Crippen LogP contribution in [-0.2, 0) is 13.1 Å². The Morgan fingerprint density at radius 3 is 2.86 bits per heavy atom. The van der Waals surface area contributed by atoms with Crippen LogP contribution < -0.4 is 5.32 Å². The van der Waals surface area contributed by atoms with Gasteiger partial charge in [0.05, 0.1) is 23.4 Å². The lowest BCUT2D eigenvalue weighted by molar-refractivity contribution is 0.401. The van der Waals surface area contributed by atoms with Crippen LogP contribution in [0.5, 0.6) is 0 Å². The molecule has 1 aromatic carbocycles. The SMILES string of the molecule is CCn1nc(CNC(C)c2ncc(C)o2)c2ccccc21. The number of aryl methyl sites for hydroxylation is 2. The summed E-state index contributed by atoms with van der Waals surface area (Å²) in [6.07, 6.45) is 1.74. The van der Waals surface area contributed by atoms with Gasteiger partial charge in [-0.2, -0.15) is 5.10 Å². The van der Waals surface area contributed by atoms with Crippen molar-refractivity contribution in [2.24, 2.45) is 0 Å². The summed E-state index contributed by atoms with van der Waals surface area (Å²) in [6, 6.07) is 8.38. The maximum absolute atomic E-state index is 5.55. The number of fused-ring (bicyclic) bond motifs is 1. The van der Waals surface area contributed by atoms with Crippen LogP contribution in [0.4, 0.5) is 0 Å². The second-order valence-electron chi connectivity index (χ2n) is 5.19. The lowest BCUT2D eigenvalue weighted by atomic mass is 10.2. The predicted molar refractivity (Wildman–Crippen MR) is 81.9 cm³/mol. The number of hydrogen-bond acceptors (Lipinski definition) is 4. The number of benzene rings is 1. The average Bonchev–Trinajstić information content (AvgIpc) is 3.09. The number of oxazole rings is 1. The third-order valence-electron chi connectivity index (χ3n) is 3.62. The van der Waals surface area contributed by atoms with Gasteiger partial charge < -0.3 is 9.73 Å². The molecule has 0 saturated heterocycles. The molecule has 0 spiro atoms. The number of aromatic nitrogens is 3. The summed E-state index contributed by atoms with van der Waals surface area (Å²) in [5, 5.41) is 9.30. The third kappa shape index (κ3) is 2.69. The summed E-state index contributed by atoms with van der Waals surface area (Å²) >= 11 is 0. The van der Waals surface area contributed by atoms with Crippen molar-refractivity contribution in [2.75, 3.05) is 0 Å². The first-order valence-electron chi connectivity index (χ1n) is 7.29. The Bertz CT molecular complexity index is 744. The van der Waals surface area contributed by atoms with Crippen molar-refractivity contribution in [3.8, 4) is 0 Å². The molecule has 0 aliphatic rings. The van der Waals surface area contributed by atoms with E-state index in [1.54, 1.807) is 6.20 Å². The van der Waals surface area contributed by atoms with E-state index in [-0.39, 0.29) is 6.04 Å². The van der Waals surface area contributed by atoms with Crippen molar-refractivity contribution in [3.63, 3.8) is 0 Å². The zero-order chi connectivity index (χ0) is 14.8. The first-order valence-corrected chi connectivity index (χ1v) is 7.29. The molecule has 1 unspecified atom stereocenters. The second kappa shape index (κ2) is 5.69. The Morgan fingerprint density at radius 2 is 2.14 bits per heavy atom. The maximum Gasteiger partial charge on any atom is 0.211 e. The maximum atomic E-state index is 5.55. The van der Waals surface area contributed by atoms with Crippen molar-refractivity contribution < 1.29 is 4.42 Å². The van der Waals surface area contributed by atoms with Gasteiger partial charge in [0, 0.05) is 18.5 Å². The fourth-order valence-corrected chi connectivity index (χ4v) is 2.48. The molecule has 0 bridgehead atoms. The lowest BCUT2D eigenvalue weighted by Gasteiger charge is -2.08. The molecule has 3 aromatic rings. The quantitative estimate of drug-likeness (QED) is 0.781. The molecule has 0 fully saturated rings. The largest absolute Gasteiger partial charge is 0.444 e. The van der Waals surface area contributed by atoms with Crippen molar-refractivity contribution >= 4 is 10.9 Å². The van der Waals surface area contributed by atoms with Gasteiger partial charge in [0.15, 0.2) is 0 Å². The normalized spacial score (nSPS) is 12.9. The predicted octanol–water partition coefficient (Wildman–Crippen LogP) is 3.20. The Labute approximate surface area is 124 Å². The van der Waals surface area contributed by atoms with Crippen LogP contribution >= 0.6 is 0 Å². The van der Waals surface area contributed by atoms with E-state index in [4.69, 9.17) is 4.42 Å². The molecule has 21 heavy (non-hydrogen) atoms. The van der Waals surface area contributed by atoms with Gasteiger partial charge in [-0.1, -0.05) is 18.2 Å². The van der Waals surface area contributed by atoms with E-state index in [0.29, 0.717) is 12.4 Å². The molecule has 2 heterocycles. The minimum Gasteiger partial charge on any atom is -0.444 e. The Hall–Kier alpha value is -2.14. The fourth-order valence-electron chi connectivity index (χ4n) is 2.48. The first kappa shape index (κ1) is 13.8. The highest BCUT2D eigenvalue weighted by atomic mass is 16.4. The van der Waals surface area contributed by atoms with Crippen LogP contribution in [0.25, 0.3) is 10.9 Å². The van der Waals surface area contributed by atoms with Gasteiger partial charge >= 0.3 is 0 Å². The average molecular weight is 284 g/mol. The highest BCUT2D eigenvalue weighted by molar-refractivity contribution is 5.81. The van der Waals surface area contributed by atoms with Gasteiger partial charge in [-0.3, -0.25) is 4.68 Å². The number of nitrogens with zero attached hydrogens (tertiary/aromatic N) is 3. The number of hydrogen-bond donors (Lipinski definition) is 1. The molecule has 1 N–H and O–H groups in total. The number of nitrogens with one attached hydrogen (secondary N) is 1. The van der Waals surface area contributed by atoms with Crippen molar-refractivity contribution in [1.29, 1.82) is 0 Å². The fraction of sp³-hybridized carbons (Fsp3) is 0.375. The molecule has 0 aliphatic heterocycles. The Morgan fingerprint density at radius 1 is 1.33 bits per heavy atom. The highest BCUT2D eigenvalue weighted by Crippen LogP contribution is 2.19. The molecule has 2 aromatic heterocycles. The summed E-state index contributed by atoms with van der Waals surface area (Å²) in [6.45, 7) is 7.61. The summed E-state index contributed by atoms with van der Waals surface area (Å²) < 4.78 is 7.58. The molecule has 0 saturated carbocycles. The van der Waals surface area contributed by atoms with E-state index in [0.717, 1.165) is 18.0 Å². The van der Waals surface area contributed by atoms with E-state index in [1.165, 1.54) is 10.9 Å².